The Labute approximate surface area is 118 Å². The molecule has 4 N–H and O–H groups in total. The van der Waals surface area contributed by atoms with E-state index in [1.807, 2.05) is 6.07 Å². The second-order valence-electron chi connectivity index (χ2n) is 3.65. The normalized spacial score (nSPS) is 9.95. The van der Waals surface area contributed by atoms with Gasteiger partial charge in [0, 0.05) is 5.56 Å². The van der Waals surface area contributed by atoms with Gasteiger partial charge in [0.15, 0.2) is 0 Å². The van der Waals surface area contributed by atoms with E-state index >= 15 is 0 Å². The van der Waals surface area contributed by atoms with Crippen molar-refractivity contribution in [2.45, 2.75) is 0 Å². The van der Waals surface area contributed by atoms with Crippen molar-refractivity contribution in [2.24, 2.45) is 0 Å². The zero-order valence-corrected chi connectivity index (χ0v) is 11.6. The molecular weight excluding hydrogens is 310 g/mol. The van der Waals surface area contributed by atoms with Crippen LogP contribution in [0.1, 0.15) is 5.56 Å². The van der Waals surface area contributed by atoms with Gasteiger partial charge in [0.05, 0.1) is 17.3 Å². The maximum Gasteiger partial charge on any atom is 0.222 e. The van der Waals surface area contributed by atoms with Gasteiger partial charge < -0.3 is 16.2 Å². The molecule has 7 heteroatoms. The van der Waals surface area contributed by atoms with Crippen LogP contribution >= 0.6 is 15.9 Å². The molecule has 0 spiro atoms. The summed E-state index contributed by atoms with van der Waals surface area (Å²) < 4.78 is 5.89. The molecule has 1 aromatic heterocycles. The maximum atomic E-state index is 9.13. The molecule has 19 heavy (non-hydrogen) atoms. The second kappa shape index (κ2) is 5.12. The summed E-state index contributed by atoms with van der Waals surface area (Å²) in [5, 5.41) is 9.13. The lowest BCUT2D eigenvalue weighted by Crippen LogP contribution is -2.05. The molecule has 0 atom stereocenters. The Bertz CT molecular complexity index is 681. The van der Waals surface area contributed by atoms with Gasteiger partial charge in [0.25, 0.3) is 0 Å². The summed E-state index contributed by atoms with van der Waals surface area (Å²) in [4.78, 5) is 7.85. The number of halogens is 1. The van der Waals surface area contributed by atoms with E-state index in [0.29, 0.717) is 17.0 Å². The average Bonchev–Trinajstić information content (AvgIpc) is 2.37. The summed E-state index contributed by atoms with van der Waals surface area (Å²) in [6, 6.07) is 7.29. The number of ether oxygens (including phenoxy) is 1. The minimum atomic E-state index is 0.0263. The molecular formula is C12H10BrN5O. The van der Waals surface area contributed by atoms with Gasteiger partial charge in [-0.25, -0.2) is 4.98 Å². The van der Waals surface area contributed by atoms with Gasteiger partial charge in [0.1, 0.15) is 23.2 Å². The van der Waals surface area contributed by atoms with E-state index in [4.69, 9.17) is 21.5 Å². The Kier molecular flexibility index (Phi) is 3.53. The molecule has 6 nitrogen and oxygen atoms in total. The number of nitrogen functional groups attached to an aromatic ring is 2. The van der Waals surface area contributed by atoms with Crippen LogP contribution in [0.4, 0.5) is 11.8 Å². The first-order valence-electron chi connectivity index (χ1n) is 5.23. The van der Waals surface area contributed by atoms with Gasteiger partial charge in [-0.15, -0.1) is 0 Å². The Morgan fingerprint density at radius 3 is 2.63 bits per heavy atom. The van der Waals surface area contributed by atoms with E-state index in [2.05, 4.69) is 25.9 Å². The first-order chi connectivity index (χ1) is 9.06. The third kappa shape index (κ3) is 2.44. The number of aromatic nitrogens is 2. The molecule has 0 radical (unpaired) electrons. The van der Waals surface area contributed by atoms with Crippen molar-refractivity contribution in [1.82, 2.24) is 9.97 Å². The molecule has 0 bridgehead atoms. The molecule has 0 aliphatic heterocycles. The standard InChI is InChI=1S/C12H10BrN5O/c1-19-9-3-2-6(4-8(9)13)10-7(5-14)11(15)18-12(16)17-10/h2-4H,1H3,(H4,15,16,17,18). The zero-order valence-electron chi connectivity index (χ0n) is 10.0. The van der Waals surface area contributed by atoms with Crippen LogP contribution in [0.5, 0.6) is 5.75 Å². The molecule has 0 aliphatic rings. The Morgan fingerprint density at radius 1 is 1.32 bits per heavy atom. The summed E-state index contributed by atoms with van der Waals surface area (Å²) in [6.07, 6.45) is 0. The first-order valence-corrected chi connectivity index (χ1v) is 6.03. The van der Waals surface area contributed by atoms with E-state index in [9.17, 15) is 0 Å². The fourth-order valence-electron chi connectivity index (χ4n) is 1.63. The van der Waals surface area contributed by atoms with Crippen molar-refractivity contribution < 1.29 is 4.74 Å². The van der Waals surface area contributed by atoms with Crippen molar-refractivity contribution in [2.75, 3.05) is 18.6 Å². The molecule has 0 aliphatic carbocycles. The molecule has 1 aromatic carbocycles. The molecule has 1 heterocycles. The Balaban J connectivity index is 2.65. The summed E-state index contributed by atoms with van der Waals surface area (Å²) in [6.45, 7) is 0. The molecule has 0 amide bonds. The van der Waals surface area contributed by atoms with Crippen LogP contribution in [-0.2, 0) is 0 Å². The van der Waals surface area contributed by atoms with Crippen LogP contribution in [0.15, 0.2) is 22.7 Å². The summed E-state index contributed by atoms with van der Waals surface area (Å²) in [5.41, 5.74) is 12.5. The van der Waals surface area contributed by atoms with Crippen molar-refractivity contribution in [1.29, 1.82) is 5.26 Å². The molecule has 96 valence electrons. The SMILES string of the molecule is COc1ccc(-c2nc(N)nc(N)c2C#N)cc1Br. The van der Waals surface area contributed by atoms with E-state index in [1.165, 1.54) is 0 Å². The quantitative estimate of drug-likeness (QED) is 0.875. The number of anilines is 2. The predicted molar refractivity (Wildman–Crippen MR) is 75.3 cm³/mol. The fourth-order valence-corrected chi connectivity index (χ4v) is 2.17. The predicted octanol–water partition coefficient (Wildman–Crippen LogP) is 1.95. The van der Waals surface area contributed by atoms with Crippen LogP contribution in [0.2, 0.25) is 0 Å². The molecule has 0 saturated heterocycles. The average molecular weight is 320 g/mol. The highest BCUT2D eigenvalue weighted by Crippen LogP contribution is 2.32. The lowest BCUT2D eigenvalue weighted by molar-refractivity contribution is 0.412. The fraction of sp³-hybridized carbons (Fsp3) is 0.0833. The lowest BCUT2D eigenvalue weighted by atomic mass is 10.1. The van der Waals surface area contributed by atoms with Gasteiger partial charge in [-0.05, 0) is 34.1 Å². The van der Waals surface area contributed by atoms with Gasteiger partial charge in [-0.3, -0.25) is 0 Å². The topological polar surface area (TPSA) is 111 Å². The highest BCUT2D eigenvalue weighted by atomic mass is 79.9. The molecule has 0 unspecified atom stereocenters. The third-order valence-corrected chi connectivity index (χ3v) is 3.11. The van der Waals surface area contributed by atoms with E-state index in [0.717, 1.165) is 4.47 Å². The number of nitrogens with zero attached hydrogens (tertiary/aromatic N) is 3. The van der Waals surface area contributed by atoms with Crippen molar-refractivity contribution in [3.63, 3.8) is 0 Å². The largest absolute Gasteiger partial charge is 0.496 e. The number of nitrogens with two attached hydrogens (primary N) is 2. The second-order valence-corrected chi connectivity index (χ2v) is 4.51. The molecule has 2 rings (SSSR count). The minimum absolute atomic E-state index is 0.0263. The number of hydrogen-bond donors (Lipinski definition) is 2. The number of rotatable bonds is 2. The van der Waals surface area contributed by atoms with E-state index in [-0.39, 0.29) is 17.3 Å². The third-order valence-electron chi connectivity index (χ3n) is 2.49. The van der Waals surface area contributed by atoms with Gasteiger partial charge in [-0.1, -0.05) is 0 Å². The number of nitriles is 1. The summed E-state index contributed by atoms with van der Waals surface area (Å²) in [7, 11) is 1.57. The molecule has 0 fully saturated rings. The van der Waals surface area contributed by atoms with Gasteiger partial charge in [0.2, 0.25) is 5.95 Å². The van der Waals surface area contributed by atoms with Crippen molar-refractivity contribution in [3.05, 3.63) is 28.2 Å². The monoisotopic (exact) mass is 319 g/mol. The first kappa shape index (κ1) is 13.1. The summed E-state index contributed by atoms with van der Waals surface area (Å²) in [5.74, 6) is 0.771. The zero-order chi connectivity index (χ0) is 14.0. The van der Waals surface area contributed by atoms with Crippen LogP contribution in [0, 0.1) is 11.3 Å². The summed E-state index contributed by atoms with van der Waals surface area (Å²) >= 11 is 3.37. The minimum Gasteiger partial charge on any atom is -0.496 e. The highest BCUT2D eigenvalue weighted by Gasteiger charge is 2.14. The molecule has 2 aromatic rings. The van der Waals surface area contributed by atoms with Crippen LogP contribution in [-0.4, -0.2) is 17.1 Å². The number of hydrogen-bond acceptors (Lipinski definition) is 6. The Hall–Kier alpha value is -2.33. The number of methoxy groups -OCH3 is 1. The lowest BCUT2D eigenvalue weighted by Gasteiger charge is -2.09. The number of benzene rings is 1. The van der Waals surface area contributed by atoms with Crippen LogP contribution in [0.25, 0.3) is 11.3 Å². The Morgan fingerprint density at radius 2 is 2.05 bits per heavy atom. The van der Waals surface area contributed by atoms with E-state index < -0.39 is 0 Å². The van der Waals surface area contributed by atoms with Crippen LogP contribution in [0.3, 0.4) is 0 Å². The van der Waals surface area contributed by atoms with Gasteiger partial charge >= 0.3 is 0 Å². The molecule has 0 saturated carbocycles. The van der Waals surface area contributed by atoms with Crippen molar-refractivity contribution in [3.8, 4) is 23.1 Å². The van der Waals surface area contributed by atoms with Crippen LogP contribution < -0.4 is 16.2 Å². The van der Waals surface area contributed by atoms with E-state index in [1.54, 1.807) is 25.3 Å². The maximum absolute atomic E-state index is 9.13. The van der Waals surface area contributed by atoms with Crippen molar-refractivity contribution >= 4 is 27.7 Å². The highest BCUT2D eigenvalue weighted by molar-refractivity contribution is 9.10. The van der Waals surface area contributed by atoms with Gasteiger partial charge in [-0.2, -0.15) is 10.2 Å². The smallest absolute Gasteiger partial charge is 0.222 e.